The van der Waals surface area contributed by atoms with Gasteiger partial charge in [-0.3, -0.25) is 14.4 Å². The zero-order valence-electron chi connectivity index (χ0n) is 19.9. The zero-order valence-corrected chi connectivity index (χ0v) is 19.9. The molecule has 0 heterocycles. The van der Waals surface area contributed by atoms with Gasteiger partial charge in [0.2, 0.25) is 11.8 Å². The molecule has 1 atom stereocenters. The summed E-state index contributed by atoms with van der Waals surface area (Å²) in [6.45, 7) is 3.67. The van der Waals surface area contributed by atoms with E-state index in [0.717, 1.165) is 16.7 Å². The van der Waals surface area contributed by atoms with Crippen molar-refractivity contribution in [2.75, 3.05) is 0 Å². The highest BCUT2D eigenvalue weighted by Gasteiger charge is 2.28. The first kappa shape index (κ1) is 25.6. The summed E-state index contributed by atoms with van der Waals surface area (Å²) in [6.07, 6.45) is 0.474. The summed E-state index contributed by atoms with van der Waals surface area (Å²) >= 11 is 0. The van der Waals surface area contributed by atoms with E-state index in [1.165, 1.54) is 12.1 Å². The van der Waals surface area contributed by atoms with E-state index in [0.29, 0.717) is 12.0 Å². The van der Waals surface area contributed by atoms with Crippen LogP contribution in [0.5, 0.6) is 0 Å². The van der Waals surface area contributed by atoms with Gasteiger partial charge in [-0.15, -0.1) is 0 Å². The van der Waals surface area contributed by atoms with Crippen molar-refractivity contribution in [2.24, 2.45) is 5.73 Å². The molecule has 35 heavy (non-hydrogen) atoms. The molecule has 0 aliphatic rings. The van der Waals surface area contributed by atoms with Crippen molar-refractivity contribution >= 4 is 17.7 Å². The first-order valence-electron chi connectivity index (χ1n) is 11.4. The molecule has 0 saturated heterocycles. The van der Waals surface area contributed by atoms with Gasteiger partial charge in [0.15, 0.2) is 0 Å². The fraction of sp³-hybridized carbons (Fsp3) is 0.250. The predicted molar refractivity (Wildman–Crippen MR) is 134 cm³/mol. The lowest BCUT2D eigenvalue weighted by molar-refractivity contribution is -0.125. The lowest BCUT2D eigenvalue weighted by Gasteiger charge is -2.29. The number of hydrogen-bond donors (Lipinski definition) is 3. The number of amides is 3. The second-order valence-electron chi connectivity index (χ2n) is 9.15. The summed E-state index contributed by atoms with van der Waals surface area (Å²) in [6, 6.07) is 22.0. The number of nitrogens with two attached hydrogens (primary N) is 1. The standard InChI is InChI=1S/C28H30FN3O3/c1-28(2,18-19-8-14-23(29)15-9-19)32-27(35)24(16-17-25(30)33)31-26(34)22-12-10-21(11-13-22)20-6-4-3-5-7-20/h3-15,24H,16-18H2,1-2H3,(H2,30,33)(H,31,34)(H,32,35)/t24-/m0/s1. The Morgan fingerprint density at radius 3 is 2.09 bits per heavy atom. The van der Waals surface area contributed by atoms with E-state index < -0.39 is 29.3 Å². The van der Waals surface area contributed by atoms with Crippen LogP contribution in [0.2, 0.25) is 0 Å². The van der Waals surface area contributed by atoms with E-state index in [1.807, 2.05) is 56.3 Å². The minimum Gasteiger partial charge on any atom is -0.370 e. The first-order chi connectivity index (χ1) is 16.6. The Labute approximate surface area is 204 Å². The van der Waals surface area contributed by atoms with E-state index in [1.54, 1.807) is 24.3 Å². The van der Waals surface area contributed by atoms with Crippen molar-refractivity contribution in [3.8, 4) is 11.1 Å². The van der Waals surface area contributed by atoms with Crippen molar-refractivity contribution in [1.82, 2.24) is 10.6 Å². The number of primary amides is 1. The lowest BCUT2D eigenvalue weighted by atomic mass is 9.94. The Hall–Kier alpha value is -4.00. The molecule has 0 radical (unpaired) electrons. The molecule has 0 bridgehead atoms. The molecule has 6 nitrogen and oxygen atoms in total. The molecule has 3 rings (SSSR count). The van der Waals surface area contributed by atoms with E-state index in [2.05, 4.69) is 10.6 Å². The highest BCUT2D eigenvalue weighted by Crippen LogP contribution is 2.19. The maximum Gasteiger partial charge on any atom is 0.251 e. The van der Waals surface area contributed by atoms with Crippen molar-refractivity contribution < 1.29 is 18.8 Å². The number of benzene rings is 3. The Kier molecular flexibility index (Phi) is 8.36. The molecule has 3 aromatic carbocycles. The van der Waals surface area contributed by atoms with Crippen LogP contribution in [-0.2, 0) is 16.0 Å². The van der Waals surface area contributed by atoms with E-state index in [9.17, 15) is 18.8 Å². The third-order valence-electron chi connectivity index (χ3n) is 5.58. The van der Waals surface area contributed by atoms with Gasteiger partial charge in [0.25, 0.3) is 5.91 Å². The Morgan fingerprint density at radius 1 is 0.886 bits per heavy atom. The van der Waals surface area contributed by atoms with Gasteiger partial charge in [0, 0.05) is 17.5 Å². The SMILES string of the molecule is CC(C)(Cc1ccc(F)cc1)NC(=O)[C@H](CCC(N)=O)NC(=O)c1ccc(-c2ccccc2)cc1. The topological polar surface area (TPSA) is 101 Å². The fourth-order valence-electron chi connectivity index (χ4n) is 3.82. The van der Waals surface area contributed by atoms with Gasteiger partial charge in [0.05, 0.1) is 0 Å². The maximum atomic E-state index is 13.2. The first-order valence-corrected chi connectivity index (χ1v) is 11.4. The van der Waals surface area contributed by atoms with Crippen LogP contribution in [0, 0.1) is 5.82 Å². The molecule has 3 aromatic rings. The van der Waals surface area contributed by atoms with Crippen LogP contribution in [0.1, 0.15) is 42.6 Å². The molecule has 0 unspecified atom stereocenters. The average Bonchev–Trinajstić information content (AvgIpc) is 2.83. The van der Waals surface area contributed by atoms with Crippen molar-refractivity contribution in [3.05, 3.63) is 95.8 Å². The molecule has 0 fully saturated rings. The molecule has 182 valence electrons. The molecule has 4 N–H and O–H groups in total. The van der Waals surface area contributed by atoms with Crippen molar-refractivity contribution in [3.63, 3.8) is 0 Å². The Morgan fingerprint density at radius 2 is 1.49 bits per heavy atom. The average molecular weight is 476 g/mol. The summed E-state index contributed by atoms with van der Waals surface area (Å²) in [5, 5.41) is 5.66. The molecule has 0 aromatic heterocycles. The highest BCUT2D eigenvalue weighted by molar-refractivity contribution is 5.98. The van der Waals surface area contributed by atoms with Crippen LogP contribution in [0.15, 0.2) is 78.9 Å². The van der Waals surface area contributed by atoms with Gasteiger partial charge < -0.3 is 16.4 Å². The van der Waals surface area contributed by atoms with Crippen LogP contribution >= 0.6 is 0 Å². The van der Waals surface area contributed by atoms with Gasteiger partial charge in [-0.05, 0) is 67.6 Å². The predicted octanol–water partition coefficient (Wildman–Crippen LogP) is 3.99. The molecule has 0 saturated carbocycles. The van der Waals surface area contributed by atoms with Crippen LogP contribution in [0.25, 0.3) is 11.1 Å². The summed E-state index contributed by atoms with van der Waals surface area (Å²) < 4.78 is 13.2. The molecule has 0 aliphatic heterocycles. The largest absolute Gasteiger partial charge is 0.370 e. The smallest absolute Gasteiger partial charge is 0.251 e. The van der Waals surface area contributed by atoms with Gasteiger partial charge in [0.1, 0.15) is 11.9 Å². The molecule has 0 aliphatic carbocycles. The fourth-order valence-corrected chi connectivity index (χ4v) is 3.82. The molecular formula is C28H30FN3O3. The Balaban J connectivity index is 1.69. The third kappa shape index (κ3) is 7.78. The second-order valence-corrected chi connectivity index (χ2v) is 9.15. The minimum absolute atomic E-state index is 0.0519. The summed E-state index contributed by atoms with van der Waals surface area (Å²) in [4.78, 5) is 37.3. The van der Waals surface area contributed by atoms with Gasteiger partial charge in [-0.25, -0.2) is 4.39 Å². The number of carbonyl (C=O) groups excluding carboxylic acids is 3. The van der Waals surface area contributed by atoms with E-state index in [4.69, 9.17) is 5.73 Å². The number of nitrogens with one attached hydrogen (secondary N) is 2. The Bertz CT molecular complexity index is 1160. The number of carbonyl (C=O) groups is 3. The van der Waals surface area contributed by atoms with Crippen molar-refractivity contribution in [1.29, 1.82) is 0 Å². The third-order valence-corrected chi connectivity index (χ3v) is 5.58. The zero-order chi connectivity index (χ0) is 25.4. The van der Waals surface area contributed by atoms with Crippen LogP contribution in [0.3, 0.4) is 0 Å². The molecule has 3 amide bonds. The molecule has 0 spiro atoms. The monoisotopic (exact) mass is 475 g/mol. The van der Waals surface area contributed by atoms with Crippen LogP contribution < -0.4 is 16.4 Å². The summed E-state index contributed by atoms with van der Waals surface area (Å²) in [5.74, 6) is -1.74. The van der Waals surface area contributed by atoms with Gasteiger partial charge in [-0.1, -0.05) is 54.6 Å². The van der Waals surface area contributed by atoms with Gasteiger partial charge >= 0.3 is 0 Å². The number of rotatable bonds is 10. The minimum atomic E-state index is -0.948. The van der Waals surface area contributed by atoms with Crippen molar-refractivity contribution in [2.45, 2.75) is 44.7 Å². The number of hydrogen-bond acceptors (Lipinski definition) is 3. The molecule has 7 heteroatoms. The maximum absolute atomic E-state index is 13.2. The van der Waals surface area contributed by atoms with Crippen LogP contribution in [0.4, 0.5) is 4.39 Å². The van der Waals surface area contributed by atoms with Crippen LogP contribution in [-0.4, -0.2) is 29.3 Å². The molecular weight excluding hydrogens is 445 g/mol. The second kappa shape index (κ2) is 11.4. The summed E-state index contributed by atoms with van der Waals surface area (Å²) in [7, 11) is 0. The summed E-state index contributed by atoms with van der Waals surface area (Å²) in [5.41, 5.74) is 7.85. The normalized spacial score (nSPS) is 12.0. The van der Waals surface area contributed by atoms with Gasteiger partial charge in [-0.2, -0.15) is 0 Å². The highest BCUT2D eigenvalue weighted by atomic mass is 19.1. The van der Waals surface area contributed by atoms with E-state index in [-0.39, 0.29) is 18.7 Å². The van der Waals surface area contributed by atoms with E-state index >= 15 is 0 Å². The lowest BCUT2D eigenvalue weighted by Crippen LogP contribution is -2.54. The number of halogens is 1. The quantitative estimate of drug-likeness (QED) is 0.413.